The van der Waals surface area contributed by atoms with E-state index in [4.69, 9.17) is 14.9 Å². The summed E-state index contributed by atoms with van der Waals surface area (Å²) in [6.07, 6.45) is -1.09. The van der Waals surface area contributed by atoms with E-state index in [1.165, 1.54) is 0 Å². The zero-order chi connectivity index (χ0) is 6.78. The van der Waals surface area contributed by atoms with Gasteiger partial charge in [-0.05, 0) is 0 Å². The van der Waals surface area contributed by atoms with Gasteiger partial charge in [-0.2, -0.15) is 0 Å². The Bertz CT molecular complexity index is 143. The Balaban J connectivity index is -0.0000000817. The Morgan fingerprint density at radius 2 is 1.45 bits per heavy atom. The van der Waals surface area contributed by atoms with Crippen molar-refractivity contribution in [1.29, 1.82) is 0 Å². The molecule has 0 bridgehead atoms. The van der Waals surface area contributed by atoms with Crippen molar-refractivity contribution >= 4 is 102 Å². The predicted molar refractivity (Wildman–Crippen MR) is 46.0 cm³/mol. The third kappa shape index (κ3) is 24.5. The van der Waals surface area contributed by atoms with Gasteiger partial charge in [0.25, 0.3) is 0 Å². The second-order valence-electron chi connectivity index (χ2n) is 1.22. The van der Waals surface area contributed by atoms with Gasteiger partial charge in [-0.25, -0.2) is 0 Å². The molecule has 0 saturated heterocycles. The standard InChI is InChI=1S/C2H5O5P.3Na.3H/c3-2(4)1-8(5,6)7;;;;;;/h1H2,(H,3,4)(H2,5,6,7);;;;;;. The third-order valence-corrected chi connectivity index (χ3v) is 1.02. The number of carbonyl (C=O) groups is 1. The van der Waals surface area contributed by atoms with Gasteiger partial charge in [-0.3, -0.25) is 9.36 Å². The van der Waals surface area contributed by atoms with Crippen molar-refractivity contribution in [3.63, 3.8) is 0 Å². The molecule has 0 fully saturated rings. The second-order valence-corrected chi connectivity index (χ2v) is 2.86. The Morgan fingerprint density at radius 3 is 1.45 bits per heavy atom. The molecule has 0 aromatic carbocycles. The van der Waals surface area contributed by atoms with Crippen LogP contribution in [0.1, 0.15) is 0 Å². The molecule has 5 nitrogen and oxygen atoms in total. The molecular weight excluding hydrogens is 204 g/mol. The molecule has 0 aliphatic rings. The Labute approximate surface area is 130 Å². The van der Waals surface area contributed by atoms with Crippen LogP contribution in [0.15, 0.2) is 0 Å². The van der Waals surface area contributed by atoms with Crippen molar-refractivity contribution in [3.8, 4) is 0 Å². The molecule has 0 aliphatic heterocycles. The summed E-state index contributed by atoms with van der Waals surface area (Å²) in [5.74, 6) is -1.49. The molecule has 11 heavy (non-hydrogen) atoms. The Hall–Kier alpha value is 2.62. The molecule has 0 radical (unpaired) electrons. The van der Waals surface area contributed by atoms with Crippen molar-refractivity contribution in [2.24, 2.45) is 0 Å². The molecule has 3 N–H and O–H groups in total. The topological polar surface area (TPSA) is 94.8 Å². The molecule has 0 aromatic rings. The van der Waals surface area contributed by atoms with E-state index in [1.54, 1.807) is 0 Å². The van der Waals surface area contributed by atoms with E-state index in [0.717, 1.165) is 0 Å². The zero-order valence-corrected chi connectivity index (χ0v) is 4.71. The van der Waals surface area contributed by atoms with Crippen LogP contribution in [-0.4, -0.2) is 116 Å². The van der Waals surface area contributed by atoms with Gasteiger partial charge >= 0.3 is 102 Å². The van der Waals surface area contributed by atoms with Crippen LogP contribution in [0.4, 0.5) is 0 Å². The molecule has 0 atom stereocenters. The van der Waals surface area contributed by atoms with Crippen molar-refractivity contribution < 1.29 is 24.3 Å². The van der Waals surface area contributed by atoms with Crippen molar-refractivity contribution in [1.82, 2.24) is 0 Å². The van der Waals surface area contributed by atoms with Crippen LogP contribution >= 0.6 is 7.60 Å². The number of rotatable bonds is 2. The van der Waals surface area contributed by atoms with Gasteiger partial charge in [-0.15, -0.1) is 0 Å². The summed E-state index contributed by atoms with van der Waals surface area (Å²) in [6, 6.07) is 0. The summed E-state index contributed by atoms with van der Waals surface area (Å²) in [4.78, 5) is 25.4. The molecule has 0 unspecified atom stereocenters. The van der Waals surface area contributed by atoms with Crippen LogP contribution in [0.5, 0.6) is 0 Å². The number of carboxylic acids is 1. The summed E-state index contributed by atoms with van der Waals surface area (Å²) in [5, 5.41) is 7.76. The first-order chi connectivity index (χ1) is 3.42. The SMILES string of the molecule is O=C(O)CP(=O)(O)O.[NaH].[NaH].[NaH]. The molecule has 0 amide bonds. The first kappa shape index (κ1) is 23.4. The molecule has 54 valence electrons. The van der Waals surface area contributed by atoms with Gasteiger partial charge < -0.3 is 14.9 Å². The monoisotopic (exact) mass is 212 g/mol. The average molecular weight is 212 g/mol. The van der Waals surface area contributed by atoms with E-state index in [1.807, 2.05) is 0 Å². The van der Waals surface area contributed by atoms with E-state index in [0.29, 0.717) is 0 Å². The predicted octanol–water partition coefficient (Wildman–Crippen LogP) is -2.70. The van der Waals surface area contributed by atoms with Crippen LogP contribution in [0, 0.1) is 0 Å². The van der Waals surface area contributed by atoms with E-state index in [2.05, 4.69) is 0 Å². The quantitative estimate of drug-likeness (QED) is 0.342. The van der Waals surface area contributed by atoms with Crippen molar-refractivity contribution in [2.75, 3.05) is 6.16 Å². The van der Waals surface area contributed by atoms with Gasteiger partial charge in [0.1, 0.15) is 6.16 Å². The van der Waals surface area contributed by atoms with Crippen LogP contribution in [0.25, 0.3) is 0 Å². The number of carboxylic acid groups (broad SMARTS) is 1. The zero-order valence-electron chi connectivity index (χ0n) is 3.81. The summed E-state index contributed by atoms with van der Waals surface area (Å²) >= 11 is 0. The maximum atomic E-state index is 9.76. The molecule has 0 aromatic heterocycles. The minimum absolute atomic E-state index is 0. The fourth-order valence-corrected chi connectivity index (χ4v) is 0.529. The van der Waals surface area contributed by atoms with Crippen LogP contribution in [0.2, 0.25) is 0 Å². The molecule has 0 aliphatic carbocycles. The summed E-state index contributed by atoms with van der Waals surface area (Å²) in [7, 11) is -4.32. The average Bonchev–Trinajstić information content (AvgIpc) is 1.21. The molecule has 9 heteroatoms. The van der Waals surface area contributed by atoms with E-state index >= 15 is 0 Å². The molecule has 0 spiro atoms. The fourth-order valence-electron chi connectivity index (χ4n) is 0.176. The number of hydrogen-bond donors (Lipinski definition) is 3. The Morgan fingerprint density at radius 1 is 1.18 bits per heavy atom. The van der Waals surface area contributed by atoms with Gasteiger partial charge in [0.15, 0.2) is 0 Å². The third-order valence-electron chi connectivity index (χ3n) is 0.341. The van der Waals surface area contributed by atoms with Crippen LogP contribution in [-0.2, 0) is 9.36 Å². The van der Waals surface area contributed by atoms with Crippen molar-refractivity contribution in [2.45, 2.75) is 0 Å². The Kier molecular flexibility index (Phi) is 22.8. The van der Waals surface area contributed by atoms with Crippen molar-refractivity contribution in [3.05, 3.63) is 0 Å². The summed E-state index contributed by atoms with van der Waals surface area (Å²) in [6.45, 7) is 0. The van der Waals surface area contributed by atoms with E-state index in [-0.39, 0.29) is 88.7 Å². The minimum atomic E-state index is -4.32. The molecule has 0 saturated carbocycles. The number of hydrogen-bond acceptors (Lipinski definition) is 2. The van der Waals surface area contributed by atoms with Gasteiger partial charge in [0.05, 0.1) is 0 Å². The summed E-state index contributed by atoms with van der Waals surface area (Å²) < 4.78 is 9.76. The van der Waals surface area contributed by atoms with Gasteiger partial charge in [0.2, 0.25) is 0 Å². The first-order valence-electron chi connectivity index (χ1n) is 1.68. The first-order valence-corrected chi connectivity index (χ1v) is 3.48. The summed E-state index contributed by atoms with van der Waals surface area (Å²) in [5.41, 5.74) is 0. The van der Waals surface area contributed by atoms with Crippen LogP contribution in [0.3, 0.4) is 0 Å². The maximum absolute atomic E-state index is 9.76. The van der Waals surface area contributed by atoms with Gasteiger partial charge in [-0.1, -0.05) is 0 Å². The van der Waals surface area contributed by atoms with E-state index < -0.39 is 19.7 Å². The fraction of sp³-hybridized carbons (Fsp3) is 0.500. The molecule has 0 rings (SSSR count). The molecular formula is C2H8Na3O5P. The van der Waals surface area contributed by atoms with Crippen LogP contribution < -0.4 is 0 Å². The van der Waals surface area contributed by atoms with Gasteiger partial charge in [0, 0.05) is 0 Å². The van der Waals surface area contributed by atoms with E-state index in [9.17, 15) is 9.36 Å². The normalized spacial score (nSPS) is 8.18. The number of aliphatic carboxylic acids is 1. The second kappa shape index (κ2) is 10.7. The molecule has 0 heterocycles.